The number of thiophene rings is 1. The molecule has 0 aromatic carbocycles. The minimum Gasteiger partial charge on any atom is -0.320 e. The number of nitrogens with zero attached hydrogens (tertiary/aromatic N) is 3. The Hall–Kier alpha value is -0.950. The van der Waals surface area contributed by atoms with E-state index in [0.717, 1.165) is 26.2 Å². The summed E-state index contributed by atoms with van der Waals surface area (Å²) >= 11 is 1.68. The highest BCUT2D eigenvalue weighted by Gasteiger charge is 2.35. The second kappa shape index (κ2) is 5.81. The molecule has 0 aliphatic carbocycles. The van der Waals surface area contributed by atoms with Crippen LogP contribution in [0.15, 0.2) is 16.8 Å². The van der Waals surface area contributed by atoms with Gasteiger partial charge in [-0.3, -0.25) is 15.0 Å². The number of hydrogen-bond donors (Lipinski definition) is 1. The van der Waals surface area contributed by atoms with Gasteiger partial charge in [0.2, 0.25) is 5.91 Å². The molecule has 2 saturated heterocycles. The van der Waals surface area contributed by atoms with Crippen LogP contribution in [0.2, 0.25) is 0 Å². The van der Waals surface area contributed by atoms with Crippen LogP contribution in [-0.2, 0) is 4.79 Å². The van der Waals surface area contributed by atoms with Gasteiger partial charge < -0.3 is 9.80 Å². The summed E-state index contributed by atoms with van der Waals surface area (Å²) < 4.78 is 0. The van der Waals surface area contributed by atoms with Gasteiger partial charge in [-0.05, 0) is 36.5 Å². The van der Waals surface area contributed by atoms with Gasteiger partial charge in [-0.1, -0.05) is 0 Å². The fourth-order valence-electron chi connectivity index (χ4n) is 3.00. The third kappa shape index (κ3) is 2.74. The summed E-state index contributed by atoms with van der Waals surface area (Å²) in [5.74, 6) is 0.211. The maximum atomic E-state index is 12.2. The Bertz CT molecular complexity index is 464. The third-order valence-electron chi connectivity index (χ3n) is 4.33. The molecule has 1 aromatic heterocycles. The van der Waals surface area contributed by atoms with Gasteiger partial charge in [-0.15, -0.1) is 0 Å². The zero-order chi connectivity index (χ0) is 14.1. The maximum absolute atomic E-state index is 12.2. The monoisotopic (exact) mass is 294 g/mol. The van der Waals surface area contributed by atoms with Crippen molar-refractivity contribution in [2.75, 3.05) is 46.8 Å². The van der Waals surface area contributed by atoms with Gasteiger partial charge in [0.1, 0.15) is 6.17 Å². The van der Waals surface area contributed by atoms with Crippen molar-refractivity contribution in [3.05, 3.63) is 22.4 Å². The first-order valence-corrected chi connectivity index (χ1v) is 8.03. The van der Waals surface area contributed by atoms with Crippen LogP contribution in [0.25, 0.3) is 0 Å². The van der Waals surface area contributed by atoms with Crippen molar-refractivity contribution in [2.45, 2.75) is 12.2 Å². The summed E-state index contributed by atoms with van der Waals surface area (Å²) in [6.07, 6.45) is 0.0504. The smallest absolute Gasteiger partial charge is 0.238 e. The van der Waals surface area contributed by atoms with E-state index in [0.29, 0.717) is 12.6 Å². The highest BCUT2D eigenvalue weighted by atomic mass is 32.1. The maximum Gasteiger partial charge on any atom is 0.238 e. The van der Waals surface area contributed by atoms with E-state index in [1.165, 1.54) is 5.56 Å². The van der Waals surface area contributed by atoms with Gasteiger partial charge in [0.05, 0.1) is 6.54 Å². The number of amides is 1. The minimum atomic E-state index is 0.0504. The summed E-state index contributed by atoms with van der Waals surface area (Å²) in [6.45, 7) is 4.45. The van der Waals surface area contributed by atoms with Crippen molar-refractivity contribution in [3.63, 3.8) is 0 Å². The number of carbonyl (C=O) groups is 1. The van der Waals surface area contributed by atoms with Crippen LogP contribution in [0, 0.1) is 0 Å². The molecule has 2 aliphatic rings. The second-order valence-corrected chi connectivity index (χ2v) is 6.56. The van der Waals surface area contributed by atoms with E-state index in [9.17, 15) is 4.79 Å². The SMILES string of the molecule is CN1CCN(C)C(CN2C(=O)CNC2c2ccsc2)C1. The van der Waals surface area contributed by atoms with Gasteiger partial charge in [-0.25, -0.2) is 0 Å². The largest absolute Gasteiger partial charge is 0.320 e. The zero-order valence-corrected chi connectivity index (χ0v) is 12.9. The number of carbonyl (C=O) groups excluding carboxylic acids is 1. The molecular formula is C14H22N4OS. The Morgan fingerprint density at radius 2 is 2.25 bits per heavy atom. The van der Waals surface area contributed by atoms with Gasteiger partial charge in [0.25, 0.3) is 0 Å². The second-order valence-electron chi connectivity index (χ2n) is 5.78. The lowest BCUT2D eigenvalue weighted by molar-refractivity contribution is -0.129. The van der Waals surface area contributed by atoms with Crippen LogP contribution in [0.3, 0.4) is 0 Å². The number of piperazine rings is 1. The molecule has 6 heteroatoms. The molecule has 2 fully saturated rings. The Kier molecular flexibility index (Phi) is 4.07. The molecule has 110 valence electrons. The van der Waals surface area contributed by atoms with Crippen molar-refractivity contribution in [1.82, 2.24) is 20.0 Å². The van der Waals surface area contributed by atoms with E-state index in [-0.39, 0.29) is 12.1 Å². The number of likely N-dealkylation sites (N-methyl/N-ethyl adjacent to an activating group) is 2. The van der Waals surface area contributed by atoms with Crippen molar-refractivity contribution < 1.29 is 4.79 Å². The van der Waals surface area contributed by atoms with E-state index in [1.54, 1.807) is 11.3 Å². The molecular weight excluding hydrogens is 272 g/mol. The Morgan fingerprint density at radius 1 is 1.40 bits per heavy atom. The molecule has 0 saturated carbocycles. The van der Waals surface area contributed by atoms with Crippen molar-refractivity contribution in [2.24, 2.45) is 0 Å². The van der Waals surface area contributed by atoms with Crippen LogP contribution in [0.1, 0.15) is 11.7 Å². The van der Waals surface area contributed by atoms with E-state index in [1.807, 2.05) is 4.90 Å². The van der Waals surface area contributed by atoms with Gasteiger partial charge >= 0.3 is 0 Å². The summed E-state index contributed by atoms with van der Waals surface area (Å²) in [7, 11) is 4.31. The highest BCUT2D eigenvalue weighted by molar-refractivity contribution is 7.07. The average molecular weight is 294 g/mol. The fourth-order valence-corrected chi connectivity index (χ4v) is 3.68. The van der Waals surface area contributed by atoms with Gasteiger partial charge in [-0.2, -0.15) is 11.3 Å². The molecule has 2 unspecified atom stereocenters. The lowest BCUT2D eigenvalue weighted by Gasteiger charge is -2.40. The molecule has 1 N–H and O–H groups in total. The Morgan fingerprint density at radius 3 is 3.00 bits per heavy atom. The Balaban J connectivity index is 1.72. The molecule has 0 radical (unpaired) electrons. The average Bonchev–Trinajstić information content (AvgIpc) is 3.05. The van der Waals surface area contributed by atoms with Crippen molar-refractivity contribution in [3.8, 4) is 0 Å². The van der Waals surface area contributed by atoms with E-state index < -0.39 is 0 Å². The lowest BCUT2D eigenvalue weighted by Crippen LogP contribution is -2.55. The molecule has 1 amide bonds. The lowest BCUT2D eigenvalue weighted by atomic mass is 10.1. The first-order valence-electron chi connectivity index (χ1n) is 7.09. The van der Waals surface area contributed by atoms with Crippen LogP contribution in [0.4, 0.5) is 0 Å². The standard InChI is InChI=1S/C14H22N4OS/c1-16-4-5-17(2)12(8-16)9-18-13(19)7-15-14(18)11-3-6-20-10-11/h3,6,10,12,14-15H,4-5,7-9H2,1-2H3. The van der Waals surface area contributed by atoms with Gasteiger partial charge in [0, 0.05) is 32.2 Å². The predicted octanol–water partition coefficient (Wildman–Crippen LogP) is 0.424. The molecule has 20 heavy (non-hydrogen) atoms. The van der Waals surface area contributed by atoms with E-state index >= 15 is 0 Å². The van der Waals surface area contributed by atoms with E-state index in [2.05, 4.69) is 46.0 Å². The molecule has 3 rings (SSSR count). The molecule has 3 heterocycles. The Labute approximate surface area is 124 Å². The first kappa shape index (κ1) is 14.0. The normalized spacial score (nSPS) is 29.3. The predicted molar refractivity (Wildman–Crippen MR) is 80.7 cm³/mol. The fraction of sp³-hybridized carbons (Fsp3) is 0.643. The topological polar surface area (TPSA) is 38.8 Å². The molecule has 1 aromatic rings. The molecule has 2 atom stereocenters. The third-order valence-corrected chi connectivity index (χ3v) is 5.03. The quantitative estimate of drug-likeness (QED) is 0.877. The van der Waals surface area contributed by atoms with Crippen molar-refractivity contribution >= 4 is 17.2 Å². The van der Waals surface area contributed by atoms with Crippen LogP contribution < -0.4 is 5.32 Å². The summed E-state index contributed by atoms with van der Waals surface area (Å²) in [5.41, 5.74) is 1.20. The number of rotatable bonds is 3. The molecule has 0 spiro atoms. The first-order chi connectivity index (χ1) is 9.65. The number of hydrogen-bond acceptors (Lipinski definition) is 5. The van der Waals surface area contributed by atoms with Crippen LogP contribution >= 0.6 is 11.3 Å². The highest BCUT2D eigenvalue weighted by Crippen LogP contribution is 2.25. The molecule has 2 aliphatic heterocycles. The zero-order valence-electron chi connectivity index (χ0n) is 12.1. The molecule has 0 bridgehead atoms. The summed E-state index contributed by atoms with van der Waals surface area (Å²) in [6, 6.07) is 2.52. The van der Waals surface area contributed by atoms with Gasteiger partial charge in [0.15, 0.2) is 0 Å². The summed E-state index contributed by atoms with van der Waals surface area (Å²) in [5, 5.41) is 7.52. The van der Waals surface area contributed by atoms with Crippen LogP contribution in [0.5, 0.6) is 0 Å². The van der Waals surface area contributed by atoms with E-state index in [4.69, 9.17) is 0 Å². The summed E-state index contributed by atoms with van der Waals surface area (Å²) in [4.78, 5) is 18.9. The molecule has 5 nitrogen and oxygen atoms in total. The van der Waals surface area contributed by atoms with Crippen molar-refractivity contribution in [1.29, 1.82) is 0 Å². The number of nitrogens with one attached hydrogen (secondary N) is 1. The van der Waals surface area contributed by atoms with Crippen LogP contribution in [-0.4, -0.2) is 73.5 Å². The minimum absolute atomic E-state index is 0.0504.